The van der Waals surface area contributed by atoms with E-state index in [4.69, 9.17) is 0 Å². The summed E-state index contributed by atoms with van der Waals surface area (Å²) >= 11 is 1.36. The Kier molecular flexibility index (Phi) is 3.90. The molecule has 4 rings (SSSR count). The quantitative estimate of drug-likeness (QED) is 0.769. The van der Waals surface area contributed by atoms with Crippen LogP contribution in [-0.2, 0) is 13.1 Å². The highest BCUT2D eigenvalue weighted by Crippen LogP contribution is 2.30. The van der Waals surface area contributed by atoms with Crippen LogP contribution >= 0.6 is 11.3 Å². The predicted molar refractivity (Wildman–Crippen MR) is 88.9 cm³/mol. The third-order valence-electron chi connectivity index (χ3n) is 4.17. The van der Waals surface area contributed by atoms with E-state index in [2.05, 4.69) is 14.9 Å². The normalized spacial score (nSPS) is 14.6. The van der Waals surface area contributed by atoms with Crippen LogP contribution in [0.1, 0.15) is 24.2 Å². The van der Waals surface area contributed by atoms with Gasteiger partial charge < -0.3 is 4.98 Å². The van der Waals surface area contributed by atoms with Gasteiger partial charge >= 0.3 is 0 Å². The van der Waals surface area contributed by atoms with Gasteiger partial charge in [-0.2, -0.15) is 0 Å². The number of nitrogens with one attached hydrogen (secondary N) is 1. The van der Waals surface area contributed by atoms with Crippen LogP contribution in [0.2, 0.25) is 0 Å². The van der Waals surface area contributed by atoms with Crippen molar-refractivity contribution in [1.29, 1.82) is 0 Å². The van der Waals surface area contributed by atoms with Gasteiger partial charge in [-0.15, -0.1) is 11.3 Å². The van der Waals surface area contributed by atoms with Crippen molar-refractivity contribution in [3.8, 4) is 0 Å². The molecule has 2 aromatic heterocycles. The molecular weight excluding hydrogens is 332 g/mol. The molecule has 1 aromatic carbocycles. The summed E-state index contributed by atoms with van der Waals surface area (Å²) in [5, 5.41) is 1.84. The van der Waals surface area contributed by atoms with Crippen LogP contribution in [0.3, 0.4) is 0 Å². The number of hydrogen-bond acceptors (Lipinski definition) is 4. The van der Waals surface area contributed by atoms with Crippen molar-refractivity contribution in [2.45, 2.75) is 32.0 Å². The number of halogens is 2. The Bertz CT molecular complexity index is 948. The van der Waals surface area contributed by atoms with E-state index in [1.54, 1.807) is 0 Å². The van der Waals surface area contributed by atoms with Crippen LogP contribution < -0.4 is 5.56 Å². The smallest absolute Gasteiger partial charge is 0.268 e. The topological polar surface area (TPSA) is 49.0 Å². The molecule has 0 spiro atoms. The van der Waals surface area contributed by atoms with E-state index >= 15 is 0 Å². The van der Waals surface area contributed by atoms with Crippen LogP contribution in [0.4, 0.5) is 8.78 Å². The molecule has 1 N–H and O–H groups in total. The molecule has 24 heavy (non-hydrogen) atoms. The van der Waals surface area contributed by atoms with Crippen LogP contribution in [-0.4, -0.2) is 20.9 Å². The minimum atomic E-state index is -0.580. The molecule has 0 bridgehead atoms. The lowest BCUT2D eigenvalue weighted by atomic mass is 10.2. The van der Waals surface area contributed by atoms with E-state index in [9.17, 15) is 13.6 Å². The third kappa shape index (κ3) is 3.09. The molecule has 0 unspecified atom stereocenters. The Labute approximate surface area is 140 Å². The second-order valence-electron chi connectivity index (χ2n) is 6.02. The van der Waals surface area contributed by atoms with Gasteiger partial charge in [0.05, 0.1) is 12.1 Å². The van der Waals surface area contributed by atoms with Crippen molar-refractivity contribution in [1.82, 2.24) is 14.9 Å². The van der Waals surface area contributed by atoms with Crippen molar-refractivity contribution in [3.05, 3.63) is 63.0 Å². The average Bonchev–Trinajstić information content (AvgIpc) is 3.27. The highest BCUT2D eigenvalue weighted by atomic mass is 32.1. The van der Waals surface area contributed by atoms with Gasteiger partial charge in [0, 0.05) is 24.2 Å². The molecule has 4 nitrogen and oxygen atoms in total. The molecule has 1 aliphatic rings. The zero-order chi connectivity index (χ0) is 16.7. The van der Waals surface area contributed by atoms with Crippen molar-refractivity contribution in [3.63, 3.8) is 0 Å². The summed E-state index contributed by atoms with van der Waals surface area (Å²) in [5.41, 5.74) is 0.985. The predicted octanol–water partition coefficient (Wildman–Crippen LogP) is 3.43. The maximum absolute atomic E-state index is 13.9. The molecule has 2 heterocycles. The molecule has 0 amide bonds. The fourth-order valence-corrected chi connectivity index (χ4v) is 3.54. The highest BCUT2D eigenvalue weighted by Gasteiger charge is 2.30. The molecule has 0 saturated heterocycles. The Morgan fingerprint density at radius 1 is 1.25 bits per heavy atom. The molecule has 1 fully saturated rings. The zero-order valence-corrected chi connectivity index (χ0v) is 13.6. The average molecular weight is 347 g/mol. The van der Waals surface area contributed by atoms with E-state index in [1.165, 1.54) is 23.5 Å². The molecule has 0 aliphatic heterocycles. The number of hydrogen-bond donors (Lipinski definition) is 1. The molecule has 124 valence electrons. The lowest BCUT2D eigenvalue weighted by Crippen LogP contribution is -2.27. The molecule has 1 saturated carbocycles. The second-order valence-corrected chi connectivity index (χ2v) is 6.94. The van der Waals surface area contributed by atoms with Gasteiger partial charge in [-0.1, -0.05) is 6.07 Å². The van der Waals surface area contributed by atoms with Gasteiger partial charge in [0.15, 0.2) is 0 Å². The highest BCUT2D eigenvalue weighted by molar-refractivity contribution is 7.17. The van der Waals surface area contributed by atoms with Crippen LogP contribution in [0.5, 0.6) is 0 Å². The standard InChI is InChI=1S/C17H15F2N3OS/c18-11-2-1-10(13(19)7-11)8-22(12-3-4-12)9-15-20-14-5-6-24-16(14)17(23)21-15/h1-2,5-7,12H,3-4,8-9H2,(H,20,21,23). The van der Waals surface area contributed by atoms with Crippen molar-refractivity contribution >= 4 is 21.6 Å². The number of H-pyrrole nitrogens is 1. The van der Waals surface area contributed by atoms with Gasteiger partial charge in [-0.05, 0) is 30.4 Å². The Morgan fingerprint density at radius 2 is 2.08 bits per heavy atom. The summed E-state index contributed by atoms with van der Waals surface area (Å²) in [5.74, 6) is -0.557. The molecular formula is C17H15F2N3OS. The number of benzene rings is 1. The maximum atomic E-state index is 13.9. The van der Waals surface area contributed by atoms with E-state index in [-0.39, 0.29) is 5.56 Å². The summed E-state index contributed by atoms with van der Waals surface area (Å²) in [6, 6.07) is 5.80. The van der Waals surface area contributed by atoms with Gasteiger partial charge in [0.1, 0.15) is 22.2 Å². The second kappa shape index (κ2) is 6.07. The lowest BCUT2D eigenvalue weighted by Gasteiger charge is -2.21. The van der Waals surface area contributed by atoms with Crippen molar-refractivity contribution in [2.24, 2.45) is 0 Å². The Balaban J connectivity index is 1.60. The van der Waals surface area contributed by atoms with Gasteiger partial charge in [-0.3, -0.25) is 9.69 Å². The summed E-state index contributed by atoms with van der Waals surface area (Å²) in [4.78, 5) is 21.4. The number of aromatic nitrogens is 2. The van der Waals surface area contributed by atoms with Gasteiger partial charge in [-0.25, -0.2) is 13.8 Å². The van der Waals surface area contributed by atoms with Gasteiger partial charge in [0.25, 0.3) is 5.56 Å². The largest absolute Gasteiger partial charge is 0.308 e. The Morgan fingerprint density at radius 3 is 2.83 bits per heavy atom. The Hall–Kier alpha value is -2.12. The van der Waals surface area contributed by atoms with E-state index in [0.717, 1.165) is 18.9 Å². The fourth-order valence-electron chi connectivity index (χ4n) is 2.81. The summed E-state index contributed by atoms with van der Waals surface area (Å²) < 4.78 is 27.6. The fraction of sp³-hybridized carbons (Fsp3) is 0.294. The number of thiophene rings is 1. The number of rotatable bonds is 5. The van der Waals surface area contributed by atoms with Crippen LogP contribution in [0.25, 0.3) is 10.2 Å². The van der Waals surface area contributed by atoms with E-state index < -0.39 is 11.6 Å². The summed E-state index contributed by atoms with van der Waals surface area (Å²) in [7, 11) is 0. The number of fused-ring (bicyclic) bond motifs is 1. The molecule has 3 aromatic rings. The third-order valence-corrected chi connectivity index (χ3v) is 5.07. The summed E-state index contributed by atoms with van der Waals surface area (Å²) in [6.45, 7) is 0.796. The van der Waals surface area contributed by atoms with Gasteiger partial charge in [0.2, 0.25) is 0 Å². The van der Waals surface area contributed by atoms with E-state index in [0.29, 0.717) is 40.7 Å². The van der Waals surface area contributed by atoms with Crippen molar-refractivity contribution in [2.75, 3.05) is 0 Å². The lowest BCUT2D eigenvalue weighted by molar-refractivity contribution is 0.236. The minimum absolute atomic E-state index is 0.145. The first-order valence-corrected chi connectivity index (χ1v) is 8.62. The molecule has 0 radical (unpaired) electrons. The van der Waals surface area contributed by atoms with Crippen LogP contribution in [0, 0.1) is 11.6 Å². The molecule has 0 atom stereocenters. The first-order chi connectivity index (χ1) is 11.6. The van der Waals surface area contributed by atoms with E-state index in [1.807, 2.05) is 11.4 Å². The first-order valence-electron chi connectivity index (χ1n) is 7.74. The minimum Gasteiger partial charge on any atom is -0.308 e. The number of nitrogens with zero attached hydrogens (tertiary/aromatic N) is 2. The molecule has 1 aliphatic carbocycles. The zero-order valence-electron chi connectivity index (χ0n) is 12.8. The molecule has 7 heteroatoms. The van der Waals surface area contributed by atoms with Crippen molar-refractivity contribution < 1.29 is 8.78 Å². The first kappa shape index (κ1) is 15.4. The maximum Gasteiger partial charge on any atom is 0.268 e. The number of aromatic amines is 1. The monoisotopic (exact) mass is 347 g/mol. The summed E-state index contributed by atoms with van der Waals surface area (Å²) in [6.07, 6.45) is 2.07. The SMILES string of the molecule is O=c1[nH]c(CN(Cc2ccc(F)cc2F)C2CC2)nc2ccsc12. The van der Waals surface area contributed by atoms with Crippen LogP contribution in [0.15, 0.2) is 34.4 Å².